The number of rotatable bonds is 3. The Morgan fingerprint density at radius 2 is 1.94 bits per heavy atom. The second-order valence-corrected chi connectivity index (χ2v) is 4.56. The molecule has 1 aromatic heterocycles. The van der Waals surface area contributed by atoms with E-state index in [-0.39, 0.29) is 0 Å². The predicted octanol–water partition coefficient (Wildman–Crippen LogP) is 2.63. The minimum Gasteiger partial charge on any atom is -0.337 e. The van der Waals surface area contributed by atoms with E-state index in [0.717, 1.165) is 12.0 Å². The molecule has 0 saturated carbocycles. The Balaban J connectivity index is 2.33. The second kappa shape index (κ2) is 4.30. The topological polar surface area (TPSA) is 64.9 Å². The van der Waals surface area contributed by atoms with Gasteiger partial charge in [-0.2, -0.15) is 4.98 Å². The number of aryl methyl sites for hydroxylation is 1. The monoisotopic (exact) mass is 231 g/mol. The smallest absolute Gasteiger partial charge is 0.246 e. The van der Waals surface area contributed by atoms with Crippen molar-refractivity contribution in [3.05, 3.63) is 35.7 Å². The quantitative estimate of drug-likeness (QED) is 0.881. The van der Waals surface area contributed by atoms with Crippen LogP contribution >= 0.6 is 0 Å². The Morgan fingerprint density at radius 1 is 1.29 bits per heavy atom. The van der Waals surface area contributed by atoms with Gasteiger partial charge in [0.25, 0.3) is 0 Å². The molecule has 4 heteroatoms. The molecular formula is C13H17N3O. The maximum absolute atomic E-state index is 6.06. The first-order valence-electron chi connectivity index (χ1n) is 5.73. The second-order valence-electron chi connectivity index (χ2n) is 4.56. The first kappa shape index (κ1) is 11.8. The highest BCUT2D eigenvalue weighted by atomic mass is 16.5. The molecule has 90 valence electrons. The summed E-state index contributed by atoms with van der Waals surface area (Å²) in [6, 6.07) is 7.99. The summed E-state index contributed by atoms with van der Waals surface area (Å²) in [5.74, 6) is 1.07. The largest absolute Gasteiger partial charge is 0.337 e. The van der Waals surface area contributed by atoms with Gasteiger partial charge >= 0.3 is 0 Å². The molecule has 17 heavy (non-hydrogen) atoms. The normalized spacial score (nSPS) is 14.6. The van der Waals surface area contributed by atoms with Crippen molar-refractivity contribution in [2.45, 2.75) is 32.7 Å². The van der Waals surface area contributed by atoms with Gasteiger partial charge < -0.3 is 10.3 Å². The summed E-state index contributed by atoms with van der Waals surface area (Å²) in [6.07, 6.45) is 0.753. The van der Waals surface area contributed by atoms with Crippen molar-refractivity contribution in [1.29, 1.82) is 0 Å². The van der Waals surface area contributed by atoms with E-state index >= 15 is 0 Å². The molecule has 0 radical (unpaired) electrons. The molecule has 2 rings (SSSR count). The summed E-state index contributed by atoms with van der Waals surface area (Å²) in [6.45, 7) is 5.93. The lowest BCUT2D eigenvalue weighted by Crippen LogP contribution is -2.32. The van der Waals surface area contributed by atoms with Gasteiger partial charge in [0.15, 0.2) is 0 Å². The summed E-state index contributed by atoms with van der Waals surface area (Å²) in [5, 5.41) is 3.96. The van der Waals surface area contributed by atoms with Crippen LogP contribution in [0.25, 0.3) is 11.4 Å². The lowest BCUT2D eigenvalue weighted by Gasteiger charge is -2.16. The maximum atomic E-state index is 6.06. The van der Waals surface area contributed by atoms with Crippen LogP contribution in [0.15, 0.2) is 28.8 Å². The molecule has 1 atom stereocenters. The molecule has 1 unspecified atom stereocenters. The third-order valence-corrected chi connectivity index (χ3v) is 2.96. The molecule has 0 fully saturated rings. The number of hydrogen-bond acceptors (Lipinski definition) is 4. The molecule has 0 aliphatic heterocycles. The van der Waals surface area contributed by atoms with E-state index in [9.17, 15) is 0 Å². The standard InChI is InChI=1S/C13H17N3O/c1-4-13(3,14)12-15-11(16-17-12)10-7-5-9(2)6-8-10/h5-8H,4,14H2,1-3H3. The van der Waals surface area contributed by atoms with E-state index in [4.69, 9.17) is 10.3 Å². The van der Waals surface area contributed by atoms with E-state index in [1.165, 1.54) is 5.56 Å². The van der Waals surface area contributed by atoms with Gasteiger partial charge in [-0.3, -0.25) is 0 Å². The highest BCUT2D eigenvalue weighted by molar-refractivity contribution is 5.54. The fourth-order valence-corrected chi connectivity index (χ4v) is 1.43. The van der Waals surface area contributed by atoms with Gasteiger partial charge in [-0.25, -0.2) is 0 Å². The molecule has 2 aromatic rings. The van der Waals surface area contributed by atoms with E-state index < -0.39 is 5.54 Å². The summed E-state index contributed by atoms with van der Waals surface area (Å²) in [7, 11) is 0. The molecule has 0 amide bonds. The Bertz CT molecular complexity index is 500. The number of nitrogens with two attached hydrogens (primary N) is 1. The van der Waals surface area contributed by atoms with Gasteiger partial charge in [0.05, 0.1) is 5.54 Å². The fraction of sp³-hybridized carbons (Fsp3) is 0.385. The Morgan fingerprint density at radius 3 is 2.53 bits per heavy atom. The number of aromatic nitrogens is 2. The van der Waals surface area contributed by atoms with Crippen molar-refractivity contribution in [3.8, 4) is 11.4 Å². The Kier molecular flexibility index (Phi) is 2.98. The highest BCUT2D eigenvalue weighted by Crippen LogP contribution is 2.23. The van der Waals surface area contributed by atoms with Crippen molar-refractivity contribution in [2.24, 2.45) is 5.73 Å². The average molecular weight is 231 g/mol. The molecule has 0 aliphatic carbocycles. The molecule has 4 nitrogen and oxygen atoms in total. The van der Waals surface area contributed by atoms with Gasteiger partial charge in [0, 0.05) is 5.56 Å². The van der Waals surface area contributed by atoms with Crippen LogP contribution in [0.2, 0.25) is 0 Å². The van der Waals surface area contributed by atoms with Crippen molar-refractivity contribution < 1.29 is 4.52 Å². The Labute approximate surface area is 101 Å². The predicted molar refractivity (Wildman–Crippen MR) is 66.3 cm³/mol. The minimum absolute atomic E-state index is 0.482. The van der Waals surface area contributed by atoms with Crippen LogP contribution in [0, 0.1) is 6.92 Å². The van der Waals surface area contributed by atoms with Crippen LogP contribution in [0.5, 0.6) is 0 Å². The zero-order valence-electron chi connectivity index (χ0n) is 10.4. The molecule has 0 spiro atoms. The first-order chi connectivity index (χ1) is 8.03. The Hall–Kier alpha value is -1.68. The van der Waals surface area contributed by atoms with Gasteiger partial charge in [-0.1, -0.05) is 41.9 Å². The van der Waals surface area contributed by atoms with Crippen molar-refractivity contribution in [2.75, 3.05) is 0 Å². The van der Waals surface area contributed by atoms with Crippen molar-refractivity contribution in [3.63, 3.8) is 0 Å². The van der Waals surface area contributed by atoms with Crippen LogP contribution in [-0.2, 0) is 5.54 Å². The van der Waals surface area contributed by atoms with Gasteiger partial charge in [-0.15, -0.1) is 0 Å². The third kappa shape index (κ3) is 2.36. The van der Waals surface area contributed by atoms with Crippen LogP contribution in [0.1, 0.15) is 31.7 Å². The lowest BCUT2D eigenvalue weighted by molar-refractivity contribution is 0.291. The summed E-state index contributed by atoms with van der Waals surface area (Å²) >= 11 is 0. The van der Waals surface area contributed by atoms with E-state index in [1.54, 1.807) is 0 Å². The SMILES string of the molecule is CCC(C)(N)c1nc(-c2ccc(C)cc2)no1. The van der Waals surface area contributed by atoms with Gasteiger partial charge in [-0.05, 0) is 20.3 Å². The molecule has 1 heterocycles. The van der Waals surface area contributed by atoms with Gasteiger partial charge in [0.1, 0.15) is 0 Å². The molecule has 0 saturated heterocycles. The molecule has 0 aliphatic rings. The van der Waals surface area contributed by atoms with Crippen LogP contribution in [0.4, 0.5) is 0 Å². The maximum Gasteiger partial charge on any atom is 0.246 e. The minimum atomic E-state index is -0.560. The zero-order valence-corrected chi connectivity index (χ0v) is 10.4. The summed E-state index contributed by atoms with van der Waals surface area (Å²) < 4.78 is 5.22. The molecule has 2 N–H and O–H groups in total. The molecule has 0 bridgehead atoms. The average Bonchev–Trinajstić information content (AvgIpc) is 2.80. The van der Waals surface area contributed by atoms with Crippen molar-refractivity contribution in [1.82, 2.24) is 10.1 Å². The van der Waals surface area contributed by atoms with Crippen molar-refractivity contribution >= 4 is 0 Å². The highest BCUT2D eigenvalue weighted by Gasteiger charge is 2.26. The number of nitrogens with zero attached hydrogens (tertiary/aromatic N) is 2. The lowest BCUT2D eigenvalue weighted by atomic mass is 10.0. The summed E-state index contributed by atoms with van der Waals surface area (Å²) in [4.78, 5) is 4.35. The van der Waals surface area contributed by atoms with Crippen LogP contribution in [0.3, 0.4) is 0 Å². The number of benzene rings is 1. The first-order valence-corrected chi connectivity index (χ1v) is 5.73. The van der Waals surface area contributed by atoms with E-state index in [0.29, 0.717) is 11.7 Å². The van der Waals surface area contributed by atoms with Gasteiger partial charge in [0.2, 0.25) is 11.7 Å². The van der Waals surface area contributed by atoms with Crippen LogP contribution in [-0.4, -0.2) is 10.1 Å². The van der Waals surface area contributed by atoms with E-state index in [2.05, 4.69) is 10.1 Å². The molecule has 1 aromatic carbocycles. The van der Waals surface area contributed by atoms with E-state index in [1.807, 2.05) is 45.0 Å². The zero-order chi connectivity index (χ0) is 12.5. The summed E-state index contributed by atoms with van der Waals surface area (Å²) in [5.41, 5.74) is 7.64. The fourth-order valence-electron chi connectivity index (χ4n) is 1.43. The number of hydrogen-bond donors (Lipinski definition) is 1. The third-order valence-electron chi connectivity index (χ3n) is 2.96. The molecular weight excluding hydrogens is 214 g/mol. The van der Waals surface area contributed by atoms with Crippen LogP contribution < -0.4 is 5.73 Å².